The number of hydrogen-bond acceptors (Lipinski definition) is 3. The predicted molar refractivity (Wildman–Crippen MR) is 75.3 cm³/mol. The van der Waals surface area contributed by atoms with E-state index < -0.39 is 21.5 Å². The topological polar surface area (TPSA) is 74.7 Å². The second-order valence-electron chi connectivity index (χ2n) is 5.78. The lowest BCUT2D eigenvalue weighted by atomic mass is 10.0. The van der Waals surface area contributed by atoms with Crippen LogP contribution in [0.3, 0.4) is 0 Å². The number of carbonyl (C=O) groups is 1. The molecule has 2 rings (SSSR count). The Kier molecular flexibility index (Phi) is 3.64. The van der Waals surface area contributed by atoms with Gasteiger partial charge in [-0.3, -0.25) is 0 Å². The Morgan fingerprint density at radius 2 is 2.00 bits per heavy atom. The van der Waals surface area contributed by atoms with E-state index in [1.807, 2.05) is 13.8 Å². The molecule has 0 aliphatic carbocycles. The number of benzene rings is 1. The van der Waals surface area contributed by atoms with E-state index >= 15 is 0 Å². The zero-order valence-electron chi connectivity index (χ0n) is 11.9. The van der Waals surface area contributed by atoms with E-state index in [1.54, 1.807) is 13.0 Å². The van der Waals surface area contributed by atoms with Crippen LogP contribution >= 0.6 is 0 Å². The van der Waals surface area contributed by atoms with Crippen LogP contribution in [0, 0.1) is 6.92 Å². The monoisotopic (exact) mass is 297 g/mol. The van der Waals surface area contributed by atoms with Crippen molar-refractivity contribution in [3.63, 3.8) is 0 Å². The van der Waals surface area contributed by atoms with Gasteiger partial charge in [-0.2, -0.15) is 4.31 Å². The van der Waals surface area contributed by atoms with Gasteiger partial charge in [0.25, 0.3) is 0 Å². The van der Waals surface area contributed by atoms with Gasteiger partial charge in [-0.1, -0.05) is 6.07 Å². The Balaban J connectivity index is 2.50. The fourth-order valence-electron chi connectivity index (χ4n) is 2.65. The van der Waals surface area contributed by atoms with Gasteiger partial charge in [-0.15, -0.1) is 0 Å². The van der Waals surface area contributed by atoms with Crippen LogP contribution in [0.15, 0.2) is 23.1 Å². The molecule has 1 aromatic carbocycles. The highest BCUT2D eigenvalue weighted by atomic mass is 32.2. The Labute approximate surface area is 119 Å². The summed E-state index contributed by atoms with van der Waals surface area (Å²) in [7, 11) is -3.65. The Morgan fingerprint density at radius 1 is 1.35 bits per heavy atom. The minimum absolute atomic E-state index is 0.0306. The van der Waals surface area contributed by atoms with Crippen molar-refractivity contribution in [3.05, 3.63) is 29.3 Å². The summed E-state index contributed by atoms with van der Waals surface area (Å²) < 4.78 is 26.8. The number of carboxylic acids is 1. The van der Waals surface area contributed by atoms with Crippen LogP contribution in [0.2, 0.25) is 0 Å². The molecule has 1 saturated heterocycles. The molecule has 0 aromatic heterocycles. The second-order valence-corrected chi connectivity index (χ2v) is 7.64. The third-order valence-corrected chi connectivity index (χ3v) is 5.96. The van der Waals surface area contributed by atoms with E-state index in [1.165, 1.54) is 16.4 Å². The van der Waals surface area contributed by atoms with Gasteiger partial charge in [0.1, 0.15) is 0 Å². The summed E-state index contributed by atoms with van der Waals surface area (Å²) >= 11 is 0. The van der Waals surface area contributed by atoms with Crippen LogP contribution in [-0.4, -0.2) is 35.9 Å². The molecule has 0 saturated carbocycles. The molecule has 1 aromatic rings. The molecule has 6 heteroatoms. The van der Waals surface area contributed by atoms with Crippen LogP contribution in [0.4, 0.5) is 0 Å². The second kappa shape index (κ2) is 4.86. The number of hydrogen-bond donors (Lipinski definition) is 1. The minimum atomic E-state index is -3.65. The Morgan fingerprint density at radius 3 is 2.50 bits per heavy atom. The average molecular weight is 297 g/mol. The van der Waals surface area contributed by atoms with E-state index in [4.69, 9.17) is 5.11 Å². The third-order valence-electron chi connectivity index (χ3n) is 3.85. The van der Waals surface area contributed by atoms with Crippen molar-refractivity contribution in [2.45, 2.75) is 44.0 Å². The zero-order chi connectivity index (χ0) is 15.1. The molecule has 0 radical (unpaired) electrons. The predicted octanol–water partition coefficient (Wildman–Crippen LogP) is 2.26. The van der Waals surface area contributed by atoms with Gasteiger partial charge >= 0.3 is 5.97 Å². The van der Waals surface area contributed by atoms with E-state index in [2.05, 4.69) is 0 Å². The van der Waals surface area contributed by atoms with Crippen molar-refractivity contribution in [1.82, 2.24) is 4.31 Å². The lowest BCUT2D eigenvalue weighted by Crippen LogP contribution is -2.42. The van der Waals surface area contributed by atoms with E-state index in [9.17, 15) is 13.2 Å². The van der Waals surface area contributed by atoms with Gasteiger partial charge in [-0.25, -0.2) is 13.2 Å². The van der Waals surface area contributed by atoms with Crippen LogP contribution in [0.5, 0.6) is 0 Å². The largest absolute Gasteiger partial charge is 0.478 e. The van der Waals surface area contributed by atoms with Crippen molar-refractivity contribution in [2.24, 2.45) is 0 Å². The summed E-state index contributed by atoms with van der Waals surface area (Å²) in [5.41, 5.74) is 0.160. The van der Waals surface area contributed by atoms with Crippen molar-refractivity contribution in [2.75, 3.05) is 6.54 Å². The van der Waals surface area contributed by atoms with Crippen LogP contribution < -0.4 is 0 Å². The Hall–Kier alpha value is -1.40. The van der Waals surface area contributed by atoms with Gasteiger partial charge < -0.3 is 5.11 Å². The van der Waals surface area contributed by atoms with Gasteiger partial charge in [0.05, 0.1) is 10.5 Å². The highest BCUT2D eigenvalue weighted by Gasteiger charge is 2.41. The summed E-state index contributed by atoms with van der Waals surface area (Å²) in [4.78, 5) is 11.2. The molecule has 0 atom stereocenters. The van der Waals surface area contributed by atoms with Gasteiger partial charge in [0.15, 0.2) is 0 Å². The summed E-state index contributed by atoms with van der Waals surface area (Å²) in [6, 6.07) is 4.27. The first-order valence-electron chi connectivity index (χ1n) is 6.53. The molecule has 1 N–H and O–H groups in total. The highest BCUT2D eigenvalue weighted by molar-refractivity contribution is 7.89. The number of carboxylic acid groups (broad SMARTS) is 1. The first-order chi connectivity index (χ1) is 9.16. The molecule has 1 aliphatic heterocycles. The lowest BCUT2D eigenvalue weighted by molar-refractivity contribution is 0.0696. The summed E-state index contributed by atoms with van der Waals surface area (Å²) in [6.07, 6.45) is 1.63. The maximum atomic E-state index is 12.7. The fraction of sp³-hybridized carbons (Fsp3) is 0.500. The van der Waals surface area contributed by atoms with Crippen molar-refractivity contribution >= 4 is 16.0 Å². The van der Waals surface area contributed by atoms with Crippen molar-refractivity contribution < 1.29 is 18.3 Å². The maximum absolute atomic E-state index is 12.7. The molecular formula is C14H19NO4S. The lowest BCUT2D eigenvalue weighted by Gasteiger charge is -2.30. The number of sulfonamides is 1. The number of aromatic carboxylic acids is 1. The molecule has 20 heavy (non-hydrogen) atoms. The number of nitrogens with zero attached hydrogens (tertiary/aromatic N) is 1. The van der Waals surface area contributed by atoms with Crippen LogP contribution in [0.1, 0.15) is 42.6 Å². The van der Waals surface area contributed by atoms with Crippen molar-refractivity contribution in [1.29, 1.82) is 0 Å². The zero-order valence-corrected chi connectivity index (χ0v) is 12.7. The molecule has 0 spiro atoms. The number of aryl methyl sites for hydroxylation is 1. The summed E-state index contributed by atoms with van der Waals surface area (Å²) in [6.45, 7) is 5.92. The first kappa shape index (κ1) is 15.0. The molecule has 1 aliphatic rings. The highest BCUT2D eigenvalue weighted by Crippen LogP contribution is 2.34. The molecule has 0 unspecified atom stereocenters. The van der Waals surface area contributed by atoms with Gasteiger partial charge in [-0.05, 0) is 51.3 Å². The summed E-state index contributed by atoms with van der Waals surface area (Å²) in [5.74, 6) is -1.11. The molecular weight excluding hydrogens is 278 g/mol. The quantitative estimate of drug-likeness (QED) is 0.928. The minimum Gasteiger partial charge on any atom is -0.478 e. The molecule has 1 fully saturated rings. The molecule has 1 heterocycles. The SMILES string of the molecule is Cc1ccc(S(=O)(=O)N2CCCC2(C)C)cc1C(=O)O. The van der Waals surface area contributed by atoms with E-state index in [0.717, 1.165) is 12.8 Å². The third kappa shape index (κ3) is 2.45. The smallest absolute Gasteiger partial charge is 0.335 e. The fourth-order valence-corrected chi connectivity index (χ4v) is 4.52. The van der Waals surface area contributed by atoms with Crippen molar-refractivity contribution in [3.8, 4) is 0 Å². The normalized spacial score (nSPS) is 19.1. The maximum Gasteiger partial charge on any atom is 0.335 e. The average Bonchev–Trinajstić information content (AvgIpc) is 2.69. The van der Waals surface area contributed by atoms with Gasteiger partial charge in [0, 0.05) is 12.1 Å². The molecule has 110 valence electrons. The van der Waals surface area contributed by atoms with Gasteiger partial charge in [0.2, 0.25) is 10.0 Å². The Bertz CT molecular complexity index is 649. The molecule has 0 amide bonds. The van der Waals surface area contributed by atoms with Crippen LogP contribution in [0.25, 0.3) is 0 Å². The first-order valence-corrected chi connectivity index (χ1v) is 7.97. The molecule has 5 nitrogen and oxygen atoms in total. The van der Waals surface area contributed by atoms with E-state index in [0.29, 0.717) is 12.1 Å². The standard InChI is InChI=1S/C14H19NO4S/c1-10-5-6-11(9-12(10)13(16)17)20(18,19)15-8-4-7-14(15,2)3/h5-6,9H,4,7-8H2,1-3H3,(H,16,17). The summed E-state index contributed by atoms with van der Waals surface area (Å²) in [5, 5.41) is 9.12. The molecule has 0 bridgehead atoms. The van der Waals surface area contributed by atoms with E-state index in [-0.39, 0.29) is 10.5 Å². The van der Waals surface area contributed by atoms with Crippen LogP contribution in [-0.2, 0) is 10.0 Å². The number of rotatable bonds is 3.